The average molecular weight is 457 g/mol. The number of nitrogens with one attached hydrogen (secondary N) is 1. The fourth-order valence-corrected chi connectivity index (χ4v) is 4.70. The van der Waals surface area contributed by atoms with Gasteiger partial charge in [-0.05, 0) is 48.9 Å². The van der Waals surface area contributed by atoms with Gasteiger partial charge in [0.2, 0.25) is 10.0 Å². The standard InChI is InChI=1S/C18H18BrFN2O4S/c1-12-10-14(19)3-5-16(12)21-18(23)13-2-4-15(20)17(11-13)27(24,25)22-6-8-26-9-7-22/h2-5,10-11H,6-9H2,1H3,(H,21,23). The van der Waals surface area contributed by atoms with Gasteiger partial charge in [0.15, 0.2) is 0 Å². The number of anilines is 1. The molecule has 0 saturated carbocycles. The Kier molecular flexibility index (Phi) is 5.95. The molecule has 0 atom stereocenters. The third-order valence-electron chi connectivity index (χ3n) is 4.22. The van der Waals surface area contributed by atoms with E-state index >= 15 is 0 Å². The van der Waals surface area contributed by atoms with Crippen LogP contribution in [0.2, 0.25) is 0 Å². The second-order valence-electron chi connectivity index (χ2n) is 6.08. The van der Waals surface area contributed by atoms with Crippen molar-refractivity contribution in [2.75, 3.05) is 31.6 Å². The summed E-state index contributed by atoms with van der Waals surface area (Å²) in [6.45, 7) is 2.64. The highest BCUT2D eigenvalue weighted by Crippen LogP contribution is 2.24. The number of aryl methyl sites for hydroxylation is 1. The van der Waals surface area contributed by atoms with Gasteiger partial charge in [0.25, 0.3) is 5.91 Å². The molecule has 6 nitrogen and oxygen atoms in total. The number of hydrogen-bond donors (Lipinski definition) is 1. The van der Waals surface area contributed by atoms with Crippen LogP contribution in [0.4, 0.5) is 10.1 Å². The molecule has 0 aliphatic carbocycles. The molecule has 0 spiro atoms. The van der Waals surface area contributed by atoms with Crippen LogP contribution in [0.25, 0.3) is 0 Å². The first-order chi connectivity index (χ1) is 12.8. The Labute approximate surface area is 165 Å². The Hall–Kier alpha value is -1.81. The predicted molar refractivity (Wildman–Crippen MR) is 103 cm³/mol. The largest absolute Gasteiger partial charge is 0.379 e. The van der Waals surface area contributed by atoms with Crippen LogP contribution in [-0.4, -0.2) is 44.9 Å². The Bertz CT molecular complexity index is 975. The molecule has 0 radical (unpaired) electrons. The fraction of sp³-hybridized carbons (Fsp3) is 0.278. The number of sulfonamides is 1. The van der Waals surface area contributed by atoms with Gasteiger partial charge in [-0.2, -0.15) is 4.31 Å². The van der Waals surface area contributed by atoms with Crippen LogP contribution < -0.4 is 5.32 Å². The number of carbonyl (C=O) groups is 1. The lowest BCUT2D eigenvalue weighted by Gasteiger charge is -2.26. The van der Waals surface area contributed by atoms with E-state index < -0.39 is 26.6 Å². The minimum atomic E-state index is -4.04. The number of amides is 1. The molecular weight excluding hydrogens is 439 g/mol. The Morgan fingerprint density at radius 1 is 1.19 bits per heavy atom. The van der Waals surface area contributed by atoms with Crippen molar-refractivity contribution in [1.82, 2.24) is 4.31 Å². The highest BCUT2D eigenvalue weighted by atomic mass is 79.9. The lowest BCUT2D eigenvalue weighted by Crippen LogP contribution is -2.41. The van der Waals surface area contributed by atoms with Gasteiger partial charge in [-0.15, -0.1) is 0 Å². The first-order valence-electron chi connectivity index (χ1n) is 8.24. The number of carbonyl (C=O) groups excluding carboxylic acids is 1. The predicted octanol–water partition coefficient (Wildman–Crippen LogP) is 3.17. The summed E-state index contributed by atoms with van der Waals surface area (Å²) in [5.74, 6) is -1.41. The van der Waals surface area contributed by atoms with Gasteiger partial charge in [0, 0.05) is 28.8 Å². The number of nitrogens with zero attached hydrogens (tertiary/aromatic N) is 1. The van der Waals surface area contributed by atoms with E-state index in [0.717, 1.165) is 26.5 Å². The highest BCUT2D eigenvalue weighted by molar-refractivity contribution is 9.10. The third-order valence-corrected chi connectivity index (χ3v) is 6.62. The highest BCUT2D eigenvalue weighted by Gasteiger charge is 2.29. The van der Waals surface area contributed by atoms with Crippen LogP contribution in [0.1, 0.15) is 15.9 Å². The number of benzene rings is 2. The zero-order chi connectivity index (χ0) is 19.6. The van der Waals surface area contributed by atoms with Crippen molar-refractivity contribution in [1.29, 1.82) is 0 Å². The summed E-state index contributed by atoms with van der Waals surface area (Å²) in [7, 11) is -4.04. The lowest BCUT2D eigenvalue weighted by atomic mass is 10.1. The molecule has 1 saturated heterocycles. The Balaban J connectivity index is 1.89. The van der Waals surface area contributed by atoms with Crippen LogP contribution in [0, 0.1) is 12.7 Å². The summed E-state index contributed by atoms with van der Waals surface area (Å²) in [4.78, 5) is 12.0. The molecule has 1 N–H and O–H groups in total. The minimum Gasteiger partial charge on any atom is -0.379 e. The smallest absolute Gasteiger partial charge is 0.255 e. The number of ether oxygens (including phenoxy) is 1. The number of halogens is 2. The quantitative estimate of drug-likeness (QED) is 0.766. The third kappa shape index (κ3) is 4.37. The maximum Gasteiger partial charge on any atom is 0.255 e. The average Bonchev–Trinajstić information content (AvgIpc) is 2.65. The monoisotopic (exact) mass is 456 g/mol. The maximum absolute atomic E-state index is 14.2. The number of hydrogen-bond acceptors (Lipinski definition) is 4. The van der Waals surface area contributed by atoms with E-state index in [0.29, 0.717) is 5.69 Å². The van der Waals surface area contributed by atoms with Crippen LogP contribution in [0.5, 0.6) is 0 Å². The summed E-state index contributed by atoms with van der Waals surface area (Å²) in [5.41, 5.74) is 1.48. The SMILES string of the molecule is Cc1cc(Br)ccc1NC(=O)c1ccc(F)c(S(=O)(=O)N2CCOCC2)c1. The topological polar surface area (TPSA) is 75.7 Å². The molecule has 9 heteroatoms. The molecule has 0 unspecified atom stereocenters. The van der Waals surface area contributed by atoms with E-state index in [-0.39, 0.29) is 31.9 Å². The first kappa shape index (κ1) is 19.9. The van der Waals surface area contributed by atoms with Crippen LogP contribution in [0.3, 0.4) is 0 Å². The van der Waals surface area contributed by atoms with Crippen LogP contribution >= 0.6 is 15.9 Å². The van der Waals surface area contributed by atoms with Crippen LogP contribution in [0.15, 0.2) is 45.8 Å². The molecule has 2 aromatic rings. The van der Waals surface area contributed by atoms with Crippen molar-refractivity contribution in [3.63, 3.8) is 0 Å². The second-order valence-corrected chi connectivity index (χ2v) is 8.90. The molecule has 1 heterocycles. The van der Waals surface area contributed by atoms with Gasteiger partial charge in [0.1, 0.15) is 10.7 Å². The number of morpholine rings is 1. The summed E-state index contributed by atoms with van der Waals surface area (Å²) in [6, 6.07) is 8.68. The van der Waals surface area contributed by atoms with E-state index in [1.165, 1.54) is 6.07 Å². The van der Waals surface area contributed by atoms with Gasteiger partial charge >= 0.3 is 0 Å². The Morgan fingerprint density at radius 2 is 1.89 bits per heavy atom. The van der Waals surface area contributed by atoms with Crippen molar-refractivity contribution < 1.29 is 22.3 Å². The summed E-state index contributed by atoms with van der Waals surface area (Å²) in [5, 5.41) is 2.72. The summed E-state index contributed by atoms with van der Waals surface area (Å²) >= 11 is 3.35. The molecule has 2 aromatic carbocycles. The van der Waals surface area contributed by atoms with E-state index in [4.69, 9.17) is 4.74 Å². The number of rotatable bonds is 4. The normalized spacial score (nSPS) is 15.5. The van der Waals surface area contributed by atoms with Crippen molar-refractivity contribution in [2.24, 2.45) is 0 Å². The molecule has 144 valence electrons. The molecule has 1 amide bonds. The minimum absolute atomic E-state index is 0.0607. The zero-order valence-electron chi connectivity index (χ0n) is 14.5. The zero-order valence-corrected chi connectivity index (χ0v) is 16.9. The first-order valence-corrected chi connectivity index (χ1v) is 10.5. The van der Waals surface area contributed by atoms with E-state index in [9.17, 15) is 17.6 Å². The van der Waals surface area contributed by atoms with Gasteiger partial charge in [-0.1, -0.05) is 15.9 Å². The molecule has 27 heavy (non-hydrogen) atoms. The molecule has 3 rings (SSSR count). The molecule has 0 bridgehead atoms. The van der Waals surface area contributed by atoms with Gasteiger partial charge in [0.05, 0.1) is 13.2 Å². The summed E-state index contributed by atoms with van der Waals surface area (Å²) < 4.78 is 46.9. The summed E-state index contributed by atoms with van der Waals surface area (Å²) in [6.07, 6.45) is 0. The van der Waals surface area contributed by atoms with Gasteiger partial charge in [-0.25, -0.2) is 12.8 Å². The fourth-order valence-electron chi connectivity index (χ4n) is 2.73. The van der Waals surface area contributed by atoms with Gasteiger partial charge < -0.3 is 10.1 Å². The van der Waals surface area contributed by atoms with Gasteiger partial charge in [-0.3, -0.25) is 4.79 Å². The van der Waals surface area contributed by atoms with Crippen molar-refractivity contribution in [3.8, 4) is 0 Å². The van der Waals surface area contributed by atoms with Crippen molar-refractivity contribution >= 4 is 37.5 Å². The molecule has 1 aliphatic heterocycles. The van der Waals surface area contributed by atoms with Crippen LogP contribution in [-0.2, 0) is 14.8 Å². The maximum atomic E-state index is 14.2. The van der Waals surface area contributed by atoms with Crippen molar-refractivity contribution in [3.05, 3.63) is 57.8 Å². The van der Waals surface area contributed by atoms with E-state index in [1.807, 2.05) is 13.0 Å². The molecule has 1 fully saturated rings. The molecular formula is C18H18BrFN2O4S. The second kappa shape index (κ2) is 8.05. The van der Waals surface area contributed by atoms with E-state index in [1.54, 1.807) is 12.1 Å². The van der Waals surface area contributed by atoms with Crippen molar-refractivity contribution in [2.45, 2.75) is 11.8 Å². The molecule has 1 aliphatic rings. The lowest BCUT2D eigenvalue weighted by molar-refractivity contribution is 0.0729. The van der Waals surface area contributed by atoms with E-state index in [2.05, 4.69) is 21.2 Å². The Morgan fingerprint density at radius 3 is 2.56 bits per heavy atom. The molecule has 0 aromatic heterocycles.